The lowest BCUT2D eigenvalue weighted by atomic mass is 10.2. The van der Waals surface area contributed by atoms with Gasteiger partial charge in [0.2, 0.25) is 11.8 Å². The predicted molar refractivity (Wildman–Crippen MR) is 109 cm³/mol. The largest absolute Gasteiger partial charge is 0.444 e. The molecular weight excluding hydrogens is 552 g/mol. The number of carbonyl (C=O) groups excluding carboxylic acids is 3. The number of aromatic nitrogens is 2. The molecule has 0 aliphatic carbocycles. The van der Waals surface area contributed by atoms with E-state index in [-0.39, 0.29) is 23.9 Å². The summed E-state index contributed by atoms with van der Waals surface area (Å²) in [6.45, 7) is 6.32. The molecule has 1 aromatic rings. The maximum absolute atomic E-state index is 12.2. The topological polar surface area (TPSA) is 95.6 Å². The molecule has 1 aromatic heterocycles. The van der Waals surface area contributed by atoms with Gasteiger partial charge in [0.1, 0.15) is 20.6 Å². The van der Waals surface area contributed by atoms with Crippen LogP contribution in [0.1, 0.15) is 58.3 Å². The Kier molecular flexibility index (Phi) is 7.48. The van der Waals surface area contributed by atoms with Crippen molar-refractivity contribution in [1.82, 2.24) is 18.8 Å². The average molecular weight is 573 g/mol. The molecule has 8 nitrogen and oxygen atoms in total. The van der Waals surface area contributed by atoms with E-state index in [2.05, 4.69) is 58.0 Å². The number of carbonyl (C=O) groups is 3. The summed E-state index contributed by atoms with van der Waals surface area (Å²) in [4.78, 5) is 42.3. The molecule has 3 heterocycles. The van der Waals surface area contributed by atoms with Crippen LogP contribution in [0.3, 0.4) is 0 Å². The van der Waals surface area contributed by atoms with Crippen LogP contribution in [0.15, 0.2) is 9.21 Å². The molecule has 2 fully saturated rings. The summed E-state index contributed by atoms with van der Waals surface area (Å²) < 4.78 is 7.92. The number of hydrogen-bond acceptors (Lipinski definition) is 5. The number of hydrogen-bond donors (Lipinski definition) is 1. The van der Waals surface area contributed by atoms with E-state index in [1.165, 1.54) is 0 Å². The van der Waals surface area contributed by atoms with Gasteiger partial charge in [0.05, 0.1) is 22.2 Å². The Bertz CT molecular complexity index is 696. The zero-order valence-electron chi connectivity index (χ0n) is 15.2. The third-order valence-electron chi connectivity index (χ3n) is 3.82. The van der Waals surface area contributed by atoms with Crippen molar-refractivity contribution in [1.29, 1.82) is 0 Å². The molecule has 27 heavy (non-hydrogen) atoms. The molecule has 0 unspecified atom stereocenters. The zero-order valence-corrected chi connectivity index (χ0v) is 20.0. The molecule has 3 rings (SSSR count). The second-order valence-corrected chi connectivity index (χ2v) is 9.38. The summed E-state index contributed by atoms with van der Waals surface area (Å²) in [6, 6.07) is -0.0440. The van der Waals surface area contributed by atoms with Gasteiger partial charge >= 0.3 is 6.09 Å². The number of aromatic amines is 1. The fourth-order valence-electron chi connectivity index (χ4n) is 2.64. The van der Waals surface area contributed by atoms with Gasteiger partial charge in [0.15, 0.2) is 0 Å². The van der Waals surface area contributed by atoms with Gasteiger partial charge in [-0.2, -0.15) is 0 Å². The fourth-order valence-corrected chi connectivity index (χ4v) is 3.58. The number of imidazole rings is 1. The lowest BCUT2D eigenvalue weighted by Gasteiger charge is -2.27. The third kappa shape index (κ3) is 6.02. The van der Waals surface area contributed by atoms with Crippen LogP contribution in [0, 0.1) is 0 Å². The number of nitrogens with zero attached hydrogens (tertiary/aromatic N) is 3. The second-order valence-electron chi connectivity index (χ2n) is 7.13. The molecule has 1 atom stereocenters. The fraction of sp³-hybridized carbons (Fsp3) is 0.625. The molecule has 0 radical (unpaired) electrons. The SMILES string of the molecule is CC(C)(C)OC(=O)N1CCC[C@H]1c1nc(Br)c(Br)[nH]1.O=C1CCC(=O)N1Br. The first-order chi connectivity index (χ1) is 12.5. The number of H-pyrrole nitrogens is 1. The van der Waals surface area contributed by atoms with E-state index in [9.17, 15) is 14.4 Å². The van der Waals surface area contributed by atoms with Crippen molar-refractivity contribution < 1.29 is 19.1 Å². The summed E-state index contributed by atoms with van der Waals surface area (Å²) in [5, 5.41) is 0. The molecule has 0 aromatic carbocycles. The molecule has 0 saturated carbocycles. The standard InChI is InChI=1S/C12H17Br2N3O2.C4H4BrNO2/c1-12(2,3)19-11(18)17-6-4-5-7(17)10-15-8(13)9(14)16-10;5-6-3(7)1-2-4(6)8/h7H,4-6H2,1-3H3,(H,15,16);1-2H2/t7-;/m0./s1. The van der Waals surface area contributed by atoms with Crippen molar-refractivity contribution in [2.45, 2.75) is 58.1 Å². The molecule has 2 saturated heterocycles. The maximum Gasteiger partial charge on any atom is 0.410 e. The van der Waals surface area contributed by atoms with Crippen LogP contribution in [-0.4, -0.2) is 48.8 Å². The molecule has 3 amide bonds. The highest BCUT2D eigenvalue weighted by Crippen LogP contribution is 2.34. The number of ether oxygens (including phenoxy) is 1. The van der Waals surface area contributed by atoms with Gasteiger partial charge in [-0.05, 0) is 65.5 Å². The Labute approximate surface area is 183 Å². The third-order valence-corrected chi connectivity index (χ3v) is 6.30. The highest BCUT2D eigenvalue weighted by Gasteiger charge is 2.35. The smallest absolute Gasteiger partial charge is 0.410 e. The number of rotatable bonds is 1. The molecule has 2 aliphatic heterocycles. The molecule has 11 heteroatoms. The minimum atomic E-state index is -0.478. The molecular formula is C16H21Br3N4O4. The Hall–Kier alpha value is -0.940. The monoisotopic (exact) mass is 570 g/mol. The molecule has 1 N–H and O–H groups in total. The Balaban J connectivity index is 0.000000273. The minimum Gasteiger partial charge on any atom is -0.444 e. The van der Waals surface area contributed by atoms with Gasteiger partial charge in [0.25, 0.3) is 0 Å². The van der Waals surface area contributed by atoms with Crippen LogP contribution in [0.4, 0.5) is 4.79 Å². The van der Waals surface area contributed by atoms with Crippen LogP contribution in [0.25, 0.3) is 0 Å². The highest BCUT2D eigenvalue weighted by atomic mass is 79.9. The van der Waals surface area contributed by atoms with Gasteiger partial charge in [-0.1, -0.05) is 0 Å². The van der Waals surface area contributed by atoms with E-state index >= 15 is 0 Å². The van der Waals surface area contributed by atoms with Crippen LogP contribution < -0.4 is 0 Å². The van der Waals surface area contributed by atoms with E-state index in [0.29, 0.717) is 19.4 Å². The quantitative estimate of drug-likeness (QED) is 0.396. The Morgan fingerprint density at radius 3 is 2.22 bits per heavy atom. The average Bonchev–Trinajstić information content (AvgIpc) is 3.24. The van der Waals surface area contributed by atoms with Gasteiger partial charge < -0.3 is 9.72 Å². The van der Waals surface area contributed by atoms with Crippen LogP contribution in [0.2, 0.25) is 0 Å². The number of nitrogens with one attached hydrogen (secondary N) is 1. The normalized spacial score (nSPS) is 20.0. The van der Waals surface area contributed by atoms with Gasteiger partial charge in [0, 0.05) is 19.4 Å². The maximum atomic E-state index is 12.2. The number of likely N-dealkylation sites (tertiary alicyclic amines) is 1. The van der Waals surface area contributed by atoms with Crippen molar-refractivity contribution in [3.8, 4) is 0 Å². The zero-order chi connectivity index (χ0) is 20.4. The summed E-state index contributed by atoms with van der Waals surface area (Å²) in [5.74, 6) is 0.493. The first-order valence-electron chi connectivity index (χ1n) is 8.41. The number of amides is 3. The van der Waals surface area contributed by atoms with E-state index in [1.807, 2.05) is 20.8 Å². The first kappa shape index (κ1) is 22.4. The van der Waals surface area contributed by atoms with Crippen molar-refractivity contribution in [2.24, 2.45) is 0 Å². The van der Waals surface area contributed by atoms with Crippen molar-refractivity contribution >= 4 is 65.9 Å². The van der Waals surface area contributed by atoms with Gasteiger partial charge in [-0.3, -0.25) is 14.5 Å². The van der Waals surface area contributed by atoms with E-state index in [0.717, 1.165) is 31.8 Å². The van der Waals surface area contributed by atoms with Crippen LogP contribution >= 0.6 is 48.0 Å². The van der Waals surface area contributed by atoms with E-state index < -0.39 is 5.60 Å². The molecule has 0 spiro atoms. The number of halogens is 3. The molecule has 150 valence electrons. The summed E-state index contributed by atoms with van der Waals surface area (Å²) >= 11 is 9.52. The van der Waals surface area contributed by atoms with E-state index in [4.69, 9.17) is 4.74 Å². The summed E-state index contributed by atoms with van der Waals surface area (Å²) in [6.07, 6.45) is 2.28. The van der Waals surface area contributed by atoms with Crippen molar-refractivity contribution in [2.75, 3.05) is 6.54 Å². The predicted octanol–water partition coefficient (Wildman–Crippen LogP) is 4.45. The Morgan fingerprint density at radius 2 is 1.81 bits per heavy atom. The molecule has 0 bridgehead atoms. The van der Waals surface area contributed by atoms with Gasteiger partial charge in [-0.25, -0.2) is 13.7 Å². The highest BCUT2D eigenvalue weighted by molar-refractivity contribution is 9.13. The van der Waals surface area contributed by atoms with Crippen LogP contribution in [-0.2, 0) is 14.3 Å². The van der Waals surface area contributed by atoms with Crippen LogP contribution in [0.5, 0.6) is 0 Å². The molecule has 2 aliphatic rings. The summed E-state index contributed by atoms with van der Waals surface area (Å²) in [7, 11) is 0. The first-order valence-corrected chi connectivity index (χ1v) is 10.7. The van der Waals surface area contributed by atoms with Crippen molar-refractivity contribution in [3.63, 3.8) is 0 Å². The lowest BCUT2D eigenvalue weighted by molar-refractivity contribution is -0.131. The minimum absolute atomic E-state index is 0.0440. The Morgan fingerprint density at radius 1 is 1.22 bits per heavy atom. The van der Waals surface area contributed by atoms with E-state index in [1.54, 1.807) is 4.90 Å². The number of imide groups is 1. The summed E-state index contributed by atoms with van der Waals surface area (Å²) in [5.41, 5.74) is -0.478. The second kappa shape index (κ2) is 9.04. The van der Waals surface area contributed by atoms with Gasteiger partial charge in [-0.15, -0.1) is 0 Å². The lowest BCUT2D eigenvalue weighted by Crippen LogP contribution is -2.36. The van der Waals surface area contributed by atoms with Crippen molar-refractivity contribution in [3.05, 3.63) is 15.0 Å².